The number of aryl methyl sites for hydroxylation is 1. The van der Waals surface area contributed by atoms with Gasteiger partial charge in [0.15, 0.2) is 5.76 Å². The summed E-state index contributed by atoms with van der Waals surface area (Å²) >= 11 is 0. The number of hydrogen-bond acceptors (Lipinski definition) is 4. The van der Waals surface area contributed by atoms with Crippen LogP contribution in [-0.4, -0.2) is 30.1 Å². The van der Waals surface area contributed by atoms with E-state index in [0.717, 1.165) is 22.4 Å². The van der Waals surface area contributed by atoms with Crippen LogP contribution < -0.4 is 5.32 Å². The molecule has 3 aromatic rings. The molecular formula is C21H23N3O2. The minimum atomic E-state index is -0.355. The Morgan fingerprint density at radius 3 is 2.58 bits per heavy atom. The normalized spacial score (nSPS) is 12.2. The van der Waals surface area contributed by atoms with Crippen molar-refractivity contribution in [1.29, 1.82) is 0 Å². The number of nitrogens with one attached hydrogen (secondary N) is 1. The average molecular weight is 349 g/mol. The fourth-order valence-corrected chi connectivity index (χ4v) is 2.94. The quantitative estimate of drug-likeness (QED) is 0.739. The molecule has 1 aromatic heterocycles. The van der Waals surface area contributed by atoms with Crippen molar-refractivity contribution in [2.45, 2.75) is 19.5 Å². The topological polar surface area (TPSA) is 58.4 Å². The lowest BCUT2D eigenvalue weighted by atomic mass is 10.0. The van der Waals surface area contributed by atoms with E-state index >= 15 is 0 Å². The zero-order chi connectivity index (χ0) is 18.5. The summed E-state index contributed by atoms with van der Waals surface area (Å²) < 4.78 is 5.36. The lowest BCUT2D eigenvalue weighted by Crippen LogP contribution is -2.36. The summed E-state index contributed by atoms with van der Waals surface area (Å²) in [5.41, 5.74) is 3.84. The second-order valence-corrected chi connectivity index (χ2v) is 6.54. The van der Waals surface area contributed by atoms with Crippen LogP contribution in [0.5, 0.6) is 0 Å². The molecule has 0 radical (unpaired) electrons. The van der Waals surface area contributed by atoms with Gasteiger partial charge in [-0.05, 0) is 26.6 Å². The number of nitrogens with zero attached hydrogens (tertiary/aromatic N) is 2. The third-order valence-corrected chi connectivity index (χ3v) is 4.19. The van der Waals surface area contributed by atoms with Crippen LogP contribution in [0, 0.1) is 6.92 Å². The van der Waals surface area contributed by atoms with Crippen molar-refractivity contribution >= 4 is 5.91 Å². The zero-order valence-electron chi connectivity index (χ0n) is 15.3. The molecule has 1 amide bonds. The molecule has 0 fully saturated rings. The van der Waals surface area contributed by atoms with E-state index in [1.54, 1.807) is 0 Å². The highest BCUT2D eigenvalue weighted by molar-refractivity contribution is 5.83. The van der Waals surface area contributed by atoms with Crippen LogP contribution in [0.3, 0.4) is 0 Å². The molecule has 0 aliphatic rings. The Morgan fingerprint density at radius 1 is 1.12 bits per heavy atom. The van der Waals surface area contributed by atoms with E-state index in [2.05, 4.69) is 10.5 Å². The van der Waals surface area contributed by atoms with Gasteiger partial charge in [-0.3, -0.25) is 9.69 Å². The molecule has 0 bridgehead atoms. The highest BCUT2D eigenvalue weighted by Gasteiger charge is 2.23. The molecule has 5 nitrogen and oxygen atoms in total. The van der Waals surface area contributed by atoms with Gasteiger partial charge in [0.25, 0.3) is 0 Å². The maximum Gasteiger partial charge on any atom is 0.242 e. The number of hydrogen-bond donors (Lipinski definition) is 1. The molecule has 1 N–H and O–H groups in total. The van der Waals surface area contributed by atoms with Gasteiger partial charge in [-0.1, -0.05) is 65.3 Å². The van der Waals surface area contributed by atoms with Gasteiger partial charge < -0.3 is 9.84 Å². The number of aromatic nitrogens is 1. The van der Waals surface area contributed by atoms with Gasteiger partial charge in [-0.2, -0.15) is 0 Å². The number of likely N-dealkylation sites (N-methyl/N-ethyl adjacent to an activating group) is 1. The maximum absolute atomic E-state index is 12.7. The Labute approximate surface area is 153 Å². The summed E-state index contributed by atoms with van der Waals surface area (Å²) in [6.07, 6.45) is 0. The molecule has 26 heavy (non-hydrogen) atoms. The Kier molecular flexibility index (Phi) is 5.49. The maximum atomic E-state index is 12.7. The van der Waals surface area contributed by atoms with E-state index in [4.69, 9.17) is 4.52 Å². The molecule has 0 spiro atoms. The largest absolute Gasteiger partial charge is 0.359 e. The monoisotopic (exact) mass is 349 g/mol. The van der Waals surface area contributed by atoms with Crippen molar-refractivity contribution in [3.8, 4) is 11.3 Å². The molecule has 1 heterocycles. The Morgan fingerprint density at radius 2 is 1.88 bits per heavy atom. The fraction of sp³-hybridized carbons (Fsp3) is 0.238. The molecule has 0 saturated carbocycles. The van der Waals surface area contributed by atoms with Crippen LogP contribution in [0.4, 0.5) is 0 Å². The van der Waals surface area contributed by atoms with Crippen LogP contribution in [0.25, 0.3) is 11.3 Å². The molecule has 0 saturated heterocycles. The molecular weight excluding hydrogens is 326 g/mol. The van der Waals surface area contributed by atoms with E-state index in [0.29, 0.717) is 12.3 Å². The number of carbonyl (C=O) groups is 1. The van der Waals surface area contributed by atoms with Gasteiger partial charge >= 0.3 is 0 Å². The van der Waals surface area contributed by atoms with E-state index in [1.807, 2.05) is 86.6 Å². The lowest BCUT2D eigenvalue weighted by Gasteiger charge is -2.24. The first-order valence-electron chi connectivity index (χ1n) is 8.56. The van der Waals surface area contributed by atoms with E-state index in [9.17, 15) is 4.79 Å². The highest BCUT2D eigenvalue weighted by atomic mass is 16.5. The number of rotatable bonds is 6. The van der Waals surface area contributed by atoms with Crippen LogP contribution in [0.2, 0.25) is 0 Å². The van der Waals surface area contributed by atoms with Gasteiger partial charge in [-0.15, -0.1) is 0 Å². The van der Waals surface area contributed by atoms with Crippen molar-refractivity contribution in [2.24, 2.45) is 0 Å². The predicted molar refractivity (Wildman–Crippen MR) is 101 cm³/mol. The minimum absolute atomic E-state index is 0.0711. The van der Waals surface area contributed by atoms with E-state index < -0.39 is 0 Å². The van der Waals surface area contributed by atoms with E-state index in [1.165, 1.54) is 0 Å². The van der Waals surface area contributed by atoms with E-state index in [-0.39, 0.29) is 11.9 Å². The van der Waals surface area contributed by atoms with Crippen LogP contribution in [0.15, 0.2) is 65.2 Å². The Hall–Kier alpha value is -2.92. The number of amides is 1. The molecule has 0 aliphatic carbocycles. The van der Waals surface area contributed by atoms with Crippen molar-refractivity contribution in [3.63, 3.8) is 0 Å². The van der Waals surface area contributed by atoms with Crippen LogP contribution in [0.1, 0.15) is 22.9 Å². The first-order chi connectivity index (χ1) is 12.5. The van der Waals surface area contributed by atoms with Crippen LogP contribution >= 0.6 is 0 Å². The molecule has 3 rings (SSSR count). The number of benzene rings is 2. The first-order valence-corrected chi connectivity index (χ1v) is 8.56. The molecule has 5 heteroatoms. The number of carbonyl (C=O) groups excluding carboxylic acids is 1. The van der Waals surface area contributed by atoms with Crippen molar-refractivity contribution < 1.29 is 9.32 Å². The standard InChI is InChI=1S/C21H23N3O2/c1-15-8-7-11-17(12-15)20(24(2)3)21(25)22-14-18-13-19(23-26-18)16-9-5-4-6-10-16/h4-13,20H,14H2,1-3H3,(H,22,25). The third-order valence-electron chi connectivity index (χ3n) is 4.19. The molecule has 1 unspecified atom stereocenters. The summed E-state index contributed by atoms with van der Waals surface area (Å²) in [5.74, 6) is 0.553. The Balaban J connectivity index is 1.68. The summed E-state index contributed by atoms with van der Waals surface area (Å²) in [6.45, 7) is 2.32. The molecule has 134 valence electrons. The molecule has 0 aliphatic heterocycles. The second-order valence-electron chi connectivity index (χ2n) is 6.54. The SMILES string of the molecule is Cc1cccc(C(C(=O)NCc2cc(-c3ccccc3)no2)N(C)C)c1. The van der Waals surface area contributed by atoms with Gasteiger partial charge in [-0.25, -0.2) is 0 Å². The average Bonchev–Trinajstić information content (AvgIpc) is 3.10. The summed E-state index contributed by atoms with van der Waals surface area (Å²) in [7, 11) is 3.79. The highest BCUT2D eigenvalue weighted by Crippen LogP contribution is 2.21. The van der Waals surface area contributed by atoms with Crippen molar-refractivity contribution in [2.75, 3.05) is 14.1 Å². The van der Waals surface area contributed by atoms with Crippen molar-refractivity contribution in [3.05, 3.63) is 77.6 Å². The van der Waals surface area contributed by atoms with Gasteiger partial charge in [0.1, 0.15) is 11.7 Å². The summed E-state index contributed by atoms with van der Waals surface area (Å²) in [5, 5.41) is 7.03. The second kappa shape index (κ2) is 7.97. The fourth-order valence-electron chi connectivity index (χ4n) is 2.94. The van der Waals surface area contributed by atoms with Gasteiger partial charge in [0, 0.05) is 11.6 Å². The predicted octanol–water partition coefficient (Wildman–Crippen LogP) is 3.57. The van der Waals surface area contributed by atoms with Crippen LogP contribution in [-0.2, 0) is 11.3 Å². The summed E-state index contributed by atoms with van der Waals surface area (Å²) in [4.78, 5) is 14.6. The smallest absolute Gasteiger partial charge is 0.242 e. The summed E-state index contributed by atoms with van der Waals surface area (Å²) in [6, 6.07) is 19.3. The van der Waals surface area contributed by atoms with Gasteiger partial charge in [0.2, 0.25) is 5.91 Å². The third kappa shape index (κ3) is 4.18. The zero-order valence-corrected chi connectivity index (χ0v) is 15.3. The van der Waals surface area contributed by atoms with Gasteiger partial charge in [0.05, 0.1) is 6.54 Å². The molecule has 2 aromatic carbocycles. The lowest BCUT2D eigenvalue weighted by molar-refractivity contribution is -0.126. The Bertz CT molecular complexity index is 872. The molecule has 1 atom stereocenters. The van der Waals surface area contributed by atoms with Crippen molar-refractivity contribution in [1.82, 2.24) is 15.4 Å². The minimum Gasteiger partial charge on any atom is -0.359 e. The first kappa shape index (κ1) is 17.9.